The molecule has 0 spiro atoms. The maximum atomic E-state index is 12.0. The molecule has 0 aliphatic heterocycles. The minimum absolute atomic E-state index is 0.122. The van der Waals surface area contributed by atoms with Crippen molar-refractivity contribution in [2.75, 3.05) is 5.75 Å². The molecule has 132 valence electrons. The fourth-order valence-electron chi connectivity index (χ4n) is 2.38. The fraction of sp³-hybridized carbons (Fsp3) is 0.526. The van der Waals surface area contributed by atoms with Gasteiger partial charge in [-0.3, -0.25) is 0 Å². The van der Waals surface area contributed by atoms with Crippen LogP contribution in [0.2, 0.25) is 0 Å². The molecule has 0 aliphatic rings. The molecular weight excluding hydrogens is 322 g/mol. The summed E-state index contributed by atoms with van der Waals surface area (Å²) in [5.41, 5.74) is 1.44. The van der Waals surface area contributed by atoms with Crippen molar-refractivity contribution in [1.29, 1.82) is 5.26 Å². The van der Waals surface area contributed by atoms with Crippen LogP contribution in [0.3, 0.4) is 0 Å². The monoisotopic (exact) mass is 349 g/mol. The zero-order valence-corrected chi connectivity index (χ0v) is 16.4. The number of benzene rings is 1. The van der Waals surface area contributed by atoms with Crippen LogP contribution in [0.5, 0.6) is 5.75 Å². The summed E-state index contributed by atoms with van der Waals surface area (Å²) in [7, 11) is -3.58. The molecule has 5 heteroatoms. The third-order valence-electron chi connectivity index (χ3n) is 3.87. The van der Waals surface area contributed by atoms with Crippen molar-refractivity contribution >= 4 is 15.9 Å². The molecule has 24 heavy (non-hydrogen) atoms. The molecule has 0 saturated heterocycles. The molecule has 1 aromatic carbocycles. The van der Waals surface area contributed by atoms with E-state index in [1.807, 2.05) is 41.5 Å². The van der Waals surface area contributed by atoms with Gasteiger partial charge in [-0.2, -0.15) is 5.26 Å². The Bertz CT molecular complexity index is 763. The van der Waals surface area contributed by atoms with Gasteiger partial charge in [-0.15, -0.1) is 0 Å². The van der Waals surface area contributed by atoms with Crippen LogP contribution < -0.4 is 0 Å². The van der Waals surface area contributed by atoms with Crippen LogP contribution in [0.4, 0.5) is 0 Å². The molecule has 0 saturated carbocycles. The van der Waals surface area contributed by atoms with Gasteiger partial charge in [0.2, 0.25) is 0 Å². The Hall–Kier alpha value is -1.80. The molecule has 0 aromatic heterocycles. The summed E-state index contributed by atoms with van der Waals surface area (Å²) >= 11 is 0. The van der Waals surface area contributed by atoms with Gasteiger partial charge in [0.1, 0.15) is 16.7 Å². The van der Waals surface area contributed by atoms with E-state index in [1.54, 1.807) is 18.2 Å². The highest BCUT2D eigenvalue weighted by Crippen LogP contribution is 2.40. The van der Waals surface area contributed by atoms with Gasteiger partial charge in [-0.25, -0.2) is 8.42 Å². The number of rotatable bonds is 3. The van der Waals surface area contributed by atoms with E-state index in [1.165, 1.54) is 13.0 Å². The summed E-state index contributed by atoms with van der Waals surface area (Å²) in [6, 6.07) is 5.30. The van der Waals surface area contributed by atoms with Crippen molar-refractivity contribution in [2.45, 2.75) is 59.3 Å². The number of aromatic hydroxyl groups is 1. The van der Waals surface area contributed by atoms with Crippen molar-refractivity contribution in [2.24, 2.45) is 0 Å². The Morgan fingerprint density at radius 1 is 1.12 bits per heavy atom. The average molecular weight is 349 g/mol. The molecule has 1 rings (SSSR count). The smallest absolute Gasteiger partial charge is 0.188 e. The zero-order valence-electron chi connectivity index (χ0n) is 15.6. The van der Waals surface area contributed by atoms with Gasteiger partial charge >= 0.3 is 0 Å². The molecule has 0 heterocycles. The largest absolute Gasteiger partial charge is 0.507 e. The highest BCUT2D eigenvalue weighted by molar-refractivity contribution is 7.95. The summed E-state index contributed by atoms with van der Waals surface area (Å²) in [4.78, 5) is -0.254. The second kappa shape index (κ2) is 6.60. The first-order valence-corrected chi connectivity index (χ1v) is 9.61. The SMILES string of the molecule is CCS(=O)(=O)C(C#N)=Cc1cc(C(C)(C)C)c(O)c(C(C)(C)C)c1. The quantitative estimate of drug-likeness (QED) is 0.826. The number of nitrogens with zero attached hydrogens (tertiary/aromatic N) is 1. The highest BCUT2D eigenvalue weighted by atomic mass is 32.2. The number of hydrogen-bond acceptors (Lipinski definition) is 4. The number of hydrogen-bond donors (Lipinski definition) is 1. The second-order valence-electron chi connectivity index (χ2n) is 7.99. The average Bonchev–Trinajstić information content (AvgIpc) is 2.43. The molecule has 0 fully saturated rings. The maximum Gasteiger partial charge on any atom is 0.188 e. The van der Waals surface area contributed by atoms with Gasteiger partial charge in [-0.1, -0.05) is 48.5 Å². The molecule has 0 aliphatic carbocycles. The predicted octanol–water partition coefficient (Wildman–Crippen LogP) is 4.29. The van der Waals surface area contributed by atoms with E-state index >= 15 is 0 Å². The minimum atomic E-state index is -3.58. The Labute approximate surface area is 145 Å². The van der Waals surface area contributed by atoms with E-state index in [9.17, 15) is 18.8 Å². The topological polar surface area (TPSA) is 78.2 Å². The number of phenols is 1. The molecule has 1 N–H and O–H groups in total. The Balaban J connectivity index is 3.77. The first-order valence-electron chi connectivity index (χ1n) is 7.96. The van der Waals surface area contributed by atoms with Crippen LogP contribution in [0, 0.1) is 11.3 Å². The van der Waals surface area contributed by atoms with Crippen LogP contribution >= 0.6 is 0 Å². The van der Waals surface area contributed by atoms with Crippen molar-refractivity contribution in [1.82, 2.24) is 0 Å². The van der Waals surface area contributed by atoms with Crippen molar-refractivity contribution in [3.8, 4) is 11.8 Å². The third kappa shape index (κ3) is 4.39. The lowest BCUT2D eigenvalue weighted by molar-refractivity contribution is 0.423. The fourth-order valence-corrected chi connectivity index (χ4v) is 3.15. The molecule has 0 atom stereocenters. The molecule has 0 unspecified atom stereocenters. The molecule has 1 aromatic rings. The van der Waals surface area contributed by atoms with E-state index in [2.05, 4.69) is 0 Å². The Morgan fingerprint density at radius 2 is 1.54 bits per heavy atom. The van der Waals surface area contributed by atoms with Gasteiger partial charge in [0.25, 0.3) is 0 Å². The van der Waals surface area contributed by atoms with Gasteiger partial charge in [-0.05, 0) is 34.6 Å². The van der Waals surface area contributed by atoms with E-state index < -0.39 is 9.84 Å². The van der Waals surface area contributed by atoms with Crippen molar-refractivity contribution in [3.63, 3.8) is 0 Å². The van der Waals surface area contributed by atoms with E-state index in [4.69, 9.17) is 0 Å². The lowest BCUT2D eigenvalue weighted by Crippen LogP contribution is -2.17. The van der Waals surface area contributed by atoms with Gasteiger partial charge in [0.05, 0.1) is 5.75 Å². The first-order chi connectivity index (χ1) is 10.7. The van der Waals surface area contributed by atoms with Crippen LogP contribution in [0.15, 0.2) is 17.0 Å². The molecular formula is C19H27NO3S. The number of nitriles is 1. The van der Waals surface area contributed by atoms with Gasteiger partial charge < -0.3 is 5.11 Å². The summed E-state index contributed by atoms with van der Waals surface area (Å²) in [6.45, 7) is 13.4. The first kappa shape index (κ1) is 20.2. The second-order valence-corrected chi connectivity index (χ2v) is 10.2. The van der Waals surface area contributed by atoms with Crippen molar-refractivity contribution < 1.29 is 13.5 Å². The van der Waals surface area contributed by atoms with E-state index in [0.29, 0.717) is 5.56 Å². The summed E-state index contributed by atoms with van der Waals surface area (Å²) in [5.74, 6) is 0.104. The molecule has 0 radical (unpaired) electrons. The number of sulfone groups is 1. The Morgan fingerprint density at radius 3 is 1.83 bits per heavy atom. The maximum absolute atomic E-state index is 12.0. The minimum Gasteiger partial charge on any atom is -0.507 e. The summed E-state index contributed by atoms with van der Waals surface area (Å²) in [6.07, 6.45) is 1.39. The van der Waals surface area contributed by atoms with Crippen LogP contribution in [-0.2, 0) is 20.7 Å². The van der Waals surface area contributed by atoms with Gasteiger partial charge in [0.15, 0.2) is 9.84 Å². The number of allylic oxidation sites excluding steroid dienone is 1. The summed E-state index contributed by atoms with van der Waals surface area (Å²) < 4.78 is 24.1. The van der Waals surface area contributed by atoms with Crippen LogP contribution in [0.25, 0.3) is 6.08 Å². The highest BCUT2D eigenvalue weighted by Gasteiger charge is 2.26. The zero-order chi connectivity index (χ0) is 18.9. The Kier molecular flexibility index (Phi) is 5.57. The van der Waals surface area contributed by atoms with Crippen LogP contribution in [-0.4, -0.2) is 19.3 Å². The normalized spacial score (nSPS) is 13.7. The molecule has 0 amide bonds. The lowest BCUT2D eigenvalue weighted by Gasteiger charge is -2.28. The van der Waals surface area contributed by atoms with Crippen molar-refractivity contribution in [3.05, 3.63) is 33.7 Å². The van der Waals surface area contributed by atoms with Crippen LogP contribution in [0.1, 0.15) is 65.2 Å². The summed E-state index contributed by atoms with van der Waals surface area (Å²) in [5, 5.41) is 19.9. The van der Waals surface area contributed by atoms with Gasteiger partial charge in [0, 0.05) is 11.1 Å². The third-order valence-corrected chi connectivity index (χ3v) is 5.51. The molecule has 0 bridgehead atoms. The van der Waals surface area contributed by atoms with E-state index in [0.717, 1.165) is 11.1 Å². The standard InChI is InChI=1S/C19H27NO3S/c1-8-24(22,23)14(12-20)9-13-10-15(18(2,3)4)17(21)16(11-13)19(5,6)7/h9-11,21H,8H2,1-7H3. The number of phenolic OH excluding ortho intramolecular Hbond substituents is 1. The lowest BCUT2D eigenvalue weighted by atomic mass is 9.78. The molecule has 4 nitrogen and oxygen atoms in total. The van der Waals surface area contributed by atoms with E-state index in [-0.39, 0.29) is 27.2 Å². The predicted molar refractivity (Wildman–Crippen MR) is 98.6 cm³/mol.